The SMILES string of the molecule is CCCOc1cc2c(c3c(=O)c(-c4ccc(OC)cc4)cn(CCCN4CCN(CCOC)CC4)c13)OCCC2.Cl. The van der Waals surface area contributed by atoms with Gasteiger partial charge in [-0.25, -0.2) is 0 Å². The number of nitrogens with zero attached hydrogens (tertiary/aromatic N) is 3. The fourth-order valence-electron chi connectivity index (χ4n) is 5.78. The largest absolute Gasteiger partial charge is 0.497 e. The van der Waals surface area contributed by atoms with Crippen molar-refractivity contribution in [1.82, 2.24) is 14.4 Å². The molecule has 0 saturated carbocycles. The first-order valence-electron chi connectivity index (χ1n) is 14.7. The van der Waals surface area contributed by atoms with Crippen LogP contribution in [0.15, 0.2) is 41.3 Å². The van der Waals surface area contributed by atoms with Crippen molar-refractivity contribution in [3.05, 3.63) is 52.3 Å². The van der Waals surface area contributed by atoms with E-state index in [1.807, 2.05) is 30.5 Å². The molecule has 0 bridgehead atoms. The molecule has 0 unspecified atom stereocenters. The minimum absolute atomic E-state index is 0. The van der Waals surface area contributed by atoms with Gasteiger partial charge in [0.25, 0.3) is 0 Å². The highest BCUT2D eigenvalue weighted by molar-refractivity contribution is 5.94. The molecule has 2 aliphatic heterocycles. The first kappa shape index (κ1) is 31.2. The highest BCUT2D eigenvalue weighted by Gasteiger charge is 2.24. The number of ether oxygens (including phenoxy) is 4. The molecule has 1 fully saturated rings. The Morgan fingerprint density at radius 2 is 1.68 bits per heavy atom. The standard InChI is InChI=1S/C32H43N3O5.ClH/c1-4-19-39-28-22-25-7-5-20-40-32(25)29-30(28)35(13-6-12-33-14-16-34(17-15-33)18-21-37-2)23-27(31(29)36)24-8-10-26(38-3)11-9-24;/h8-11,22-23H,4-7,12-21H2,1-3H3;1H. The van der Waals surface area contributed by atoms with Gasteiger partial charge in [0.15, 0.2) is 0 Å². The maximum absolute atomic E-state index is 14.2. The second kappa shape index (κ2) is 14.9. The lowest BCUT2D eigenvalue weighted by atomic mass is 9.98. The van der Waals surface area contributed by atoms with Crippen molar-refractivity contribution in [2.24, 2.45) is 0 Å². The van der Waals surface area contributed by atoms with Crippen molar-refractivity contribution >= 4 is 23.3 Å². The van der Waals surface area contributed by atoms with Crippen molar-refractivity contribution in [2.45, 2.75) is 39.2 Å². The van der Waals surface area contributed by atoms with Gasteiger partial charge in [-0.1, -0.05) is 19.1 Å². The Labute approximate surface area is 249 Å². The Balaban J connectivity index is 0.00000387. The molecule has 224 valence electrons. The molecule has 2 aromatic carbocycles. The number of rotatable bonds is 12. The second-order valence-corrected chi connectivity index (χ2v) is 10.7. The molecular formula is C32H44ClN3O5. The van der Waals surface area contributed by atoms with Crippen LogP contribution in [0, 0.1) is 0 Å². The number of aromatic nitrogens is 1. The summed E-state index contributed by atoms with van der Waals surface area (Å²) in [5, 5.41) is 0.642. The zero-order valence-electron chi connectivity index (χ0n) is 24.7. The molecule has 0 spiro atoms. The molecule has 41 heavy (non-hydrogen) atoms. The van der Waals surface area contributed by atoms with E-state index in [2.05, 4.69) is 27.4 Å². The average Bonchev–Trinajstić information content (AvgIpc) is 3.00. The molecule has 0 N–H and O–H groups in total. The monoisotopic (exact) mass is 585 g/mol. The van der Waals surface area contributed by atoms with Crippen LogP contribution in [-0.2, 0) is 17.7 Å². The van der Waals surface area contributed by atoms with Crippen molar-refractivity contribution in [3.63, 3.8) is 0 Å². The predicted octanol–water partition coefficient (Wildman–Crippen LogP) is 4.87. The summed E-state index contributed by atoms with van der Waals surface area (Å²) in [6, 6.07) is 9.83. The molecular weight excluding hydrogens is 542 g/mol. The third kappa shape index (κ3) is 7.17. The number of hydrogen-bond acceptors (Lipinski definition) is 7. The molecule has 0 radical (unpaired) electrons. The van der Waals surface area contributed by atoms with Crippen LogP contribution in [0.4, 0.5) is 0 Å². The number of methoxy groups -OCH3 is 2. The van der Waals surface area contributed by atoms with E-state index in [1.165, 1.54) is 0 Å². The summed E-state index contributed by atoms with van der Waals surface area (Å²) in [6.07, 6.45) is 5.72. The van der Waals surface area contributed by atoms with Gasteiger partial charge in [0.1, 0.15) is 17.2 Å². The van der Waals surface area contributed by atoms with E-state index in [4.69, 9.17) is 18.9 Å². The van der Waals surface area contributed by atoms with E-state index in [9.17, 15) is 4.79 Å². The molecule has 3 heterocycles. The number of fused-ring (bicyclic) bond motifs is 3. The van der Waals surface area contributed by atoms with E-state index in [0.29, 0.717) is 24.2 Å². The Morgan fingerprint density at radius 3 is 2.37 bits per heavy atom. The van der Waals surface area contributed by atoms with Crippen LogP contribution in [-0.4, -0.2) is 87.7 Å². The first-order valence-corrected chi connectivity index (χ1v) is 14.7. The summed E-state index contributed by atoms with van der Waals surface area (Å²) in [4.78, 5) is 19.2. The summed E-state index contributed by atoms with van der Waals surface area (Å²) >= 11 is 0. The van der Waals surface area contributed by atoms with Crippen LogP contribution < -0.4 is 19.6 Å². The Morgan fingerprint density at radius 1 is 0.951 bits per heavy atom. The maximum atomic E-state index is 14.2. The quantitative estimate of drug-likeness (QED) is 0.301. The topological polar surface area (TPSA) is 65.4 Å². The van der Waals surface area contributed by atoms with Crippen LogP contribution in [0.1, 0.15) is 31.7 Å². The van der Waals surface area contributed by atoms with Gasteiger partial charge in [0.2, 0.25) is 5.43 Å². The van der Waals surface area contributed by atoms with Gasteiger partial charge >= 0.3 is 0 Å². The predicted molar refractivity (Wildman–Crippen MR) is 166 cm³/mol. The molecule has 1 saturated heterocycles. The number of aryl methyl sites for hydroxylation is 2. The van der Waals surface area contributed by atoms with Gasteiger partial charge in [-0.15, -0.1) is 12.4 Å². The summed E-state index contributed by atoms with van der Waals surface area (Å²) < 4.78 is 25.3. The minimum atomic E-state index is -0.0105. The van der Waals surface area contributed by atoms with Crippen LogP contribution in [0.3, 0.4) is 0 Å². The van der Waals surface area contributed by atoms with Crippen molar-refractivity contribution in [1.29, 1.82) is 0 Å². The highest BCUT2D eigenvalue weighted by atomic mass is 35.5. The molecule has 0 amide bonds. The van der Waals surface area contributed by atoms with Gasteiger partial charge in [-0.05, 0) is 61.6 Å². The average molecular weight is 586 g/mol. The van der Waals surface area contributed by atoms with E-state index < -0.39 is 0 Å². The Bertz CT molecular complexity index is 1340. The normalized spacial score (nSPS) is 15.7. The van der Waals surface area contributed by atoms with Gasteiger partial charge in [-0.2, -0.15) is 0 Å². The van der Waals surface area contributed by atoms with E-state index in [-0.39, 0.29) is 17.8 Å². The van der Waals surface area contributed by atoms with E-state index in [1.54, 1.807) is 14.2 Å². The molecule has 8 nitrogen and oxygen atoms in total. The number of benzene rings is 2. The highest BCUT2D eigenvalue weighted by Crippen LogP contribution is 2.39. The summed E-state index contributed by atoms with van der Waals surface area (Å²) in [5.41, 5.74) is 3.44. The van der Waals surface area contributed by atoms with E-state index >= 15 is 0 Å². The van der Waals surface area contributed by atoms with Crippen LogP contribution in [0.2, 0.25) is 0 Å². The molecule has 9 heteroatoms. The summed E-state index contributed by atoms with van der Waals surface area (Å²) in [7, 11) is 3.41. The number of piperazine rings is 1. The minimum Gasteiger partial charge on any atom is -0.497 e. The summed E-state index contributed by atoms with van der Waals surface area (Å²) in [5.74, 6) is 2.28. The van der Waals surface area contributed by atoms with Crippen LogP contribution >= 0.6 is 12.4 Å². The van der Waals surface area contributed by atoms with Crippen molar-refractivity contribution in [2.75, 3.05) is 73.3 Å². The van der Waals surface area contributed by atoms with Gasteiger partial charge in [-0.3, -0.25) is 9.69 Å². The molecule has 1 aromatic heterocycles. The zero-order chi connectivity index (χ0) is 27.9. The fraction of sp³-hybridized carbons (Fsp3) is 0.531. The lowest BCUT2D eigenvalue weighted by molar-refractivity contribution is 0.0959. The molecule has 2 aliphatic rings. The lowest BCUT2D eigenvalue weighted by Gasteiger charge is -2.34. The first-order chi connectivity index (χ1) is 19.6. The second-order valence-electron chi connectivity index (χ2n) is 10.7. The van der Waals surface area contributed by atoms with Crippen LogP contribution in [0.25, 0.3) is 22.0 Å². The number of halogens is 1. The molecule has 0 aliphatic carbocycles. The van der Waals surface area contributed by atoms with Gasteiger partial charge < -0.3 is 28.4 Å². The van der Waals surface area contributed by atoms with Crippen molar-refractivity contribution < 1.29 is 18.9 Å². The third-order valence-corrected chi connectivity index (χ3v) is 7.99. The number of pyridine rings is 1. The number of hydrogen-bond donors (Lipinski definition) is 0. The lowest BCUT2D eigenvalue weighted by Crippen LogP contribution is -2.47. The Hall–Kier alpha value is -2.78. The third-order valence-electron chi connectivity index (χ3n) is 7.99. The van der Waals surface area contributed by atoms with Gasteiger partial charge in [0.05, 0.1) is 37.8 Å². The molecule has 5 rings (SSSR count). The zero-order valence-corrected chi connectivity index (χ0v) is 25.5. The maximum Gasteiger partial charge on any atom is 0.201 e. The summed E-state index contributed by atoms with van der Waals surface area (Å²) in [6.45, 7) is 11.2. The molecule has 3 aromatic rings. The van der Waals surface area contributed by atoms with Crippen molar-refractivity contribution in [3.8, 4) is 28.4 Å². The molecule has 0 atom stereocenters. The van der Waals surface area contributed by atoms with Gasteiger partial charge in [0, 0.05) is 58.1 Å². The van der Waals surface area contributed by atoms with Crippen LogP contribution in [0.5, 0.6) is 17.2 Å². The fourth-order valence-corrected chi connectivity index (χ4v) is 5.78. The van der Waals surface area contributed by atoms with E-state index in [0.717, 1.165) is 112 Å². The Kier molecular flexibility index (Phi) is 11.3. The smallest absolute Gasteiger partial charge is 0.201 e.